The van der Waals surface area contributed by atoms with Crippen molar-refractivity contribution in [2.24, 2.45) is 0 Å². The van der Waals surface area contributed by atoms with Crippen LogP contribution in [0.3, 0.4) is 0 Å². The molecule has 0 radical (unpaired) electrons. The van der Waals surface area contributed by atoms with E-state index in [0.29, 0.717) is 0 Å². The van der Waals surface area contributed by atoms with Crippen LogP contribution in [0.15, 0.2) is 36.5 Å². The first-order chi connectivity index (χ1) is 10.4. The highest BCUT2D eigenvalue weighted by molar-refractivity contribution is 7.05. The lowest BCUT2D eigenvalue weighted by atomic mass is 9.75. The highest BCUT2D eigenvalue weighted by atomic mass is 32.1. The Morgan fingerprint density at radius 3 is 2.67 bits per heavy atom. The fourth-order valence-corrected chi connectivity index (χ4v) is 4.98. The zero-order valence-electron chi connectivity index (χ0n) is 12.4. The van der Waals surface area contributed by atoms with E-state index in [1.54, 1.807) is 11.5 Å². The van der Waals surface area contributed by atoms with Crippen LogP contribution in [-0.2, 0) is 18.4 Å². The normalized spacial score (nSPS) is 26.5. The van der Waals surface area contributed by atoms with E-state index in [1.807, 2.05) is 0 Å². The van der Waals surface area contributed by atoms with Crippen LogP contribution in [0.1, 0.15) is 41.7 Å². The number of nitrogens with zero attached hydrogens (tertiary/aromatic N) is 2. The van der Waals surface area contributed by atoms with E-state index in [-0.39, 0.29) is 5.54 Å². The maximum atomic E-state index is 4.43. The number of piperidine rings is 1. The van der Waals surface area contributed by atoms with Gasteiger partial charge in [-0.3, -0.25) is 4.90 Å². The van der Waals surface area contributed by atoms with Gasteiger partial charge < -0.3 is 0 Å². The highest BCUT2D eigenvalue weighted by Gasteiger charge is 2.42. The Morgan fingerprint density at radius 1 is 1.05 bits per heavy atom. The van der Waals surface area contributed by atoms with Gasteiger partial charge in [0.2, 0.25) is 0 Å². The molecule has 110 valence electrons. The third-order valence-corrected chi connectivity index (χ3v) is 6.10. The van der Waals surface area contributed by atoms with Gasteiger partial charge in [-0.05, 0) is 61.4 Å². The van der Waals surface area contributed by atoms with Gasteiger partial charge in [0, 0.05) is 17.5 Å². The highest BCUT2D eigenvalue weighted by Crippen LogP contribution is 2.43. The Morgan fingerprint density at radius 2 is 1.86 bits per heavy atom. The third kappa shape index (κ3) is 2.33. The van der Waals surface area contributed by atoms with Crippen molar-refractivity contribution < 1.29 is 0 Å². The fraction of sp³-hybridized carbons (Fsp3) is 0.500. The van der Waals surface area contributed by atoms with Gasteiger partial charge in [-0.15, -0.1) is 0 Å². The summed E-state index contributed by atoms with van der Waals surface area (Å²) >= 11 is 1.71. The second-order valence-corrected chi connectivity index (χ2v) is 7.28. The number of fused-ring (bicyclic) bond motifs is 1. The molecule has 1 atom stereocenters. The largest absolute Gasteiger partial charge is 0.293 e. The molecule has 1 aromatic carbocycles. The molecule has 1 aliphatic heterocycles. The Hall–Kier alpha value is -1.19. The van der Waals surface area contributed by atoms with Crippen LogP contribution >= 0.6 is 11.5 Å². The maximum absolute atomic E-state index is 4.43. The van der Waals surface area contributed by atoms with Crippen LogP contribution in [0.4, 0.5) is 0 Å². The predicted molar refractivity (Wildman–Crippen MR) is 87.7 cm³/mol. The Balaban J connectivity index is 1.76. The van der Waals surface area contributed by atoms with E-state index in [1.165, 1.54) is 61.2 Å². The number of aryl methyl sites for hydroxylation is 1. The van der Waals surface area contributed by atoms with E-state index >= 15 is 0 Å². The van der Waals surface area contributed by atoms with Crippen LogP contribution in [0.25, 0.3) is 0 Å². The van der Waals surface area contributed by atoms with Crippen molar-refractivity contribution in [3.05, 3.63) is 52.5 Å². The quantitative estimate of drug-likeness (QED) is 0.832. The van der Waals surface area contributed by atoms with Gasteiger partial charge in [0.15, 0.2) is 0 Å². The maximum Gasteiger partial charge on any atom is 0.0512 e. The number of benzene rings is 1. The van der Waals surface area contributed by atoms with Gasteiger partial charge in [0.1, 0.15) is 0 Å². The van der Waals surface area contributed by atoms with Gasteiger partial charge in [-0.1, -0.05) is 36.8 Å². The molecular formula is C18H22N2S. The summed E-state index contributed by atoms with van der Waals surface area (Å²) in [6.45, 7) is 2.51. The summed E-state index contributed by atoms with van der Waals surface area (Å²) in [5, 5.41) is 0. The molecule has 21 heavy (non-hydrogen) atoms. The minimum Gasteiger partial charge on any atom is -0.293 e. The lowest BCUT2D eigenvalue weighted by Crippen LogP contribution is -2.51. The molecule has 2 aliphatic rings. The predicted octanol–water partition coefficient (Wildman–Crippen LogP) is 4.01. The van der Waals surface area contributed by atoms with E-state index in [9.17, 15) is 0 Å². The van der Waals surface area contributed by atoms with Gasteiger partial charge in [0.25, 0.3) is 0 Å². The summed E-state index contributed by atoms with van der Waals surface area (Å²) in [6, 6.07) is 11.2. The van der Waals surface area contributed by atoms with E-state index in [0.717, 1.165) is 6.42 Å². The van der Waals surface area contributed by atoms with E-state index in [4.69, 9.17) is 0 Å². The molecule has 2 heterocycles. The average molecular weight is 298 g/mol. The van der Waals surface area contributed by atoms with Crippen molar-refractivity contribution >= 4 is 11.5 Å². The van der Waals surface area contributed by atoms with Gasteiger partial charge >= 0.3 is 0 Å². The van der Waals surface area contributed by atoms with Crippen molar-refractivity contribution in [1.29, 1.82) is 0 Å². The molecule has 1 aliphatic carbocycles. The molecule has 0 amide bonds. The summed E-state index contributed by atoms with van der Waals surface area (Å²) < 4.78 is 4.43. The molecule has 2 nitrogen and oxygen atoms in total. The summed E-state index contributed by atoms with van der Waals surface area (Å²) in [4.78, 5) is 4.28. The summed E-state index contributed by atoms with van der Waals surface area (Å²) in [5.41, 5.74) is 3.20. The zero-order chi connectivity index (χ0) is 14.1. The standard InChI is InChI=1S/C18H22N2S/c1-3-7-16(8-4-1)18(20-11-5-2-6-12-20)10-9-15-14-19-21-17(15)13-18/h1,3-4,7-8,14H,2,5-6,9-13H2. The molecule has 1 aromatic heterocycles. The molecule has 0 saturated carbocycles. The Kier molecular flexibility index (Phi) is 3.56. The smallest absolute Gasteiger partial charge is 0.0512 e. The second-order valence-electron chi connectivity index (χ2n) is 6.40. The first-order valence-electron chi connectivity index (χ1n) is 8.11. The minimum atomic E-state index is 0.210. The molecule has 0 bridgehead atoms. The first-order valence-corrected chi connectivity index (χ1v) is 8.89. The second kappa shape index (κ2) is 5.54. The Bertz CT molecular complexity index is 601. The van der Waals surface area contributed by atoms with Crippen LogP contribution < -0.4 is 0 Å². The van der Waals surface area contributed by atoms with Gasteiger partial charge in [0.05, 0.1) is 5.54 Å². The van der Waals surface area contributed by atoms with Crippen molar-refractivity contribution in [2.75, 3.05) is 13.1 Å². The van der Waals surface area contributed by atoms with Crippen molar-refractivity contribution in [3.8, 4) is 0 Å². The lowest BCUT2D eigenvalue weighted by Gasteiger charge is -2.48. The Labute approximate surface area is 131 Å². The molecule has 4 rings (SSSR count). The molecule has 1 saturated heterocycles. The number of aromatic nitrogens is 1. The minimum absolute atomic E-state index is 0.210. The zero-order valence-corrected chi connectivity index (χ0v) is 13.2. The van der Waals surface area contributed by atoms with Crippen LogP contribution in [0, 0.1) is 0 Å². The third-order valence-electron chi connectivity index (χ3n) is 5.26. The van der Waals surface area contributed by atoms with E-state index < -0.39 is 0 Å². The average Bonchev–Trinajstić information content (AvgIpc) is 3.03. The van der Waals surface area contributed by atoms with Crippen LogP contribution in [0.2, 0.25) is 0 Å². The molecule has 0 spiro atoms. The van der Waals surface area contributed by atoms with Gasteiger partial charge in [-0.2, -0.15) is 0 Å². The van der Waals surface area contributed by atoms with Gasteiger partial charge in [-0.25, -0.2) is 4.37 Å². The van der Waals surface area contributed by atoms with Crippen molar-refractivity contribution in [1.82, 2.24) is 9.27 Å². The molecule has 3 heteroatoms. The molecule has 1 fully saturated rings. The summed E-state index contributed by atoms with van der Waals surface area (Å²) in [5.74, 6) is 0. The molecular weight excluding hydrogens is 276 g/mol. The van der Waals surface area contributed by atoms with E-state index in [2.05, 4.69) is 45.8 Å². The van der Waals surface area contributed by atoms with Crippen molar-refractivity contribution in [2.45, 2.75) is 44.1 Å². The number of rotatable bonds is 2. The van der Waals surface area contributed by atoms with Crippen LogP contribution in [-0.4, -0.2) is 22.4 Å². The number of likely N-dealkylation sites (tertiary alicyclic amines) is 1. The summed E-state index contributed by atoms with van der Waals surface area (Å²) in [6.07, 6.45) is 9.75. The molecule has 2 aromatic rings. The first kappa shape index (κ1) is 13.5. The lowest BCUT2D eigenvalue weighted by molar-refractivity contribution is 0.0512. The molecule has 0 N–H and O–H groups in total. The topological polar surface area (TPSA) is 16.1 Å². The monoisotopic (exact) mass is 298 g/mol. The SMILES string of the molecule is c1ccc(C2(N3CCCCC3)CCc3cnsc3C2)cc1. The number of hydrogen-bond donors (Lipinski definition) is 0. The molecule has 1 unspecified atom stereocenters. The fourth-order valence-electron chi connectivity index (χ4n) is 4.10. The number of hydrogen-bond acceptors (Lipinski definition) is 3. The summed E-state index contributed by atoms with van der Waals surface area (Å²) in [7, 11) is 0. The van der Waals surface area contributed by atoms with Crippen LogP contribution in [0.5, 0.6) is 0 Å². The van der Waals surface area contributed by atoms with Crippen molar-refractivity contribution in [3.63, 3.8) is 0 Å².